The Morgan fingerprint density at radius 1 is 0.383 bits per heavy atom. The number of hydrogen-bond acceptors (Lipinski definition) is 12. The Bertz CT molecular complexity index is 5760. The lowest BCUT2D eigenvalue weighted by Crippen LogP contribution is -2.42. The van der Waals surface area contributed by atoms with Crippen LogP contribution in [0.2, 0.25) is 0 Å². The summed E-state index contributed by atoms with van der Waals surface area (Å²) in [4.78, 5) is 29.6. The maximum atomic E-state index is 5.12. The van der Waals surface area contributed by atoms with E-state index in [1.807, 2.05) is 262 Å². The Kier molecular flexibility index (Phi) is 45.3. The van der Waals surface area contributed by atoms with Gasteiger partial charge in [0.1, 0.15) is 11.3 Å². The quantitative estimate of drug-likeness (QED) is 0.133. The number of H-pyrrole nitrogens is 2. The minimum atomic E-state index is 0.905. The normalized spacial score (nSPS) is 12.9. The summed E-state index contributed by atoms with van der Waals surface area (Å²) in [7, 11) is 1.86. The molecule has 0 radical (unpaired) electrons. The van der Waals surface area contributed by atoms with Gasteiger partial charge in [-0.1, -0.05) is 365 Å². The molecule has 2 saturated heterocycles. The molecule has 0 spiro atoms. The van der Waals surface area contributed by atoms with Crippen molar-refractivity contribution in [3.63, 3.8) is 0 Å². The minimum absolute atomic E-state index is 0.905. The van der Waals surface area contributed by atoms with Crippen molar-refractivity contribution in [1.82, 2.24) is 60.5 Å². The third-order valence-corrected chi connectivity index (χ3v) is 22.1. The highest BCUT2D eigenvalue weighted by atomic mass is 32.1. The number of aryl methyl sites for hydroxylation is 2. The number of benzene rings is 13. The third-order valence-electron chi connectivity index (χ3n) is 21.3. The zero-order valence-corrected chi connectivity index (χ0v) is 77.0. The Morgan fingerprint density at radius 2 is 0.887 bits per heavy atom. The van der Waals surface area contributed by atoms with Gasteiger partial charge in [-0.2, -0.15) is 0 Å². The van der Waals surface area contributed by atoms with Crippen molar-refractivity contribution < 1.29 is 4.42 Å². The maximum Gasteiger partial charge on any atom is 0.133 e. The molecule has 0 amide bonds. The number of hydrogen-bond donors (Lipinski definition) is 4. The fourth-order valence-electron chi connectivity index (χ4n) is 14.3. The van der Waals surface area contributed by atoms with Crippen LogP contribution >= 0.6 is 11.3 Å². The predicted molar refractivity (Wildman–Crippen MR) is 561 cm³/mol. The number of piperidine rings is 2. The molecule has 0 bridgehead atoms. The molecule has 670 valence electrons. The van der Waals surface area contributed by atoms with Crippen LogP contribution in [0.3, 0.4) is 0 Å². The number of nitrogens with zero attached hydrogens (tertiary/aromatic N) is 9. The highest BCUT2D eigenvalue weighted by molar-refractivity contribution is 7.16. The van der Waals surface area contributed by atoms with E-state index >= 15 is 0 Å². The van der Waals surface area contributed by atoms with Crippen LogP contribution in [0, 0.1) is 5.92 Å². The lowest BCUT2D eigenvalue weighted by molar-refractivity contribution is 0.212. The Balaban J connectivity index is 0.000000138. The van der Waals surface area contributed by atoms with Crippen LogP contribution < -0.4 is 10.6 Å². The molecule has 14 nitrogen and oxygen atoms in total. The number of rotatable bonds is 4. The van der Waals surface area contributed by atoms with Crippen molar-refractivity contribution in [2.24, 2.45) is 18.0 Å². The van der Waals surface area contributed by atoms with Gasteiger partial charge in [-0.05, 0) is 199 Å². The van der Waals surface area contributed by atoms with Crippen molar-refractivity contribution in [3.05, 3.63) is 498 Å². The summed E-state index contributed by atoms with van der Waals surface area (Å²) in [6.45, 7) is 5.96. The van der Waals surface area contributed by atoms with Gasteiger partial charge in [-0.3, -0.25) is 24.6 Å². The van der Waals surface area contributed by atoms with E-state index in [9.17, 15) is 0 Å². The van der Waals surface area contributed by atoms with Gasteiger partial charge in [-0.25, -0.2) is 9.97 Å². The first-order chi connectivity index (χ1) is 66.0. The maximum absolute atomic E-state index is 5.12. The molecule has 1 saturated carbocycles. The summed E-state index contributed by atoms with van der Waals surface area (Å²) in [5, 5.41) is 21.0. The van der Waals surface area contributed by atoms with E-state index in [1.165, 1.54) is 143 Å². The minimum Gasteiger partial charge on any atom is -0.464 e. The second-order valence-electron chi connectivity index (χ2n) is 30.8. The molecule has 2 atom stereocenters. The van der Waals surface area contributed by atoms with Crippen molar-refractivity contribution in [3.8, 4) is 33.5 Å². The van der Waals surface area contributed by atoms with Crippen LogP contribution in [-0.4, -0.2) is 81.8 Å². The molecule has 4 aliphatic rings. The van der Waals surface area contributed by atoms with E-state index in [4.69, 9.17) is 4.42 Å². The average Bonchev–Trinajstić information content (AvgIpc) is 1.87. The largest absolute Gasteiger partial charge is 0.464 e. The average molecular weight is 1770 g/mol. The van der Waals surface area contributed by atoms with E-state index in [0.29, 0.717) is 0 Å². The second kappa shape index (κ2) is 61.3. The Morgan fingerprint density at radius 3 is 1.38 bits per heavy atom. The molecule has 3 aliphatic heterocycles. The number of aromatic amines is 2. The summed E-state index contributed by atoms with van der Waals surface area (Å²) < 4.78 is 8.08. The Hall–Kier alpha value is -15.3. The van der Waals surface area contributed by atoms with Crippen LogP contribution in [0.5, 0.6) is 0 Å². The number of thiazole rings is 1. The van der Waals surface area contributed by atoms with Crippen LogP contribution in [0.15, 0.2) is 496 Å². The number of pyridine rings is 3. The zero-order chi connectivity index (χ0) is 91.8. The molecule has 21 aromatic rings. The van der Waals surface area contributed by atoms with E-state index in [-0.39, 0.29) is 0 Å². The predicted octanol–water partition coefficient (Wildman–Crippen LogP) is 29.6. The van der Waals surface area contributed by atoms with Crippen LogP contribution in [0.4, 0.5) is 5.69 Å². The van der Waals surface area contributed by atoms with Gasteiger partial charge >= 0.3 is 0 Å². The smallest absolute Gasteiger partial charge is 0.133 e. The van der Waals surface area contributed by atoms with Gasteiger partial charge in [0.05, 0.1) is 45.7 Å². The summed E-state index contributed by atoms with van der Waals surface area (Å²) >= 11 is 1.68. The standard InChI is InChI=1S/C14H14.C12H10.C10H8.C9H9N3.C9H17N.C9H7N.2C8H7N.C8H6O.C7H5NS.C6H6.C5H11N.2C5H5N.C3H4N2/c1-2-12-8-10-14(11-9-12)13-6-4-3-5-7-13;1-3-7-11(8-4-1)12-9-5-2-6-10-12;1-2-6-10-8-4-3-7-9(10)5-1;1-12-7-9(10-11-12)8-5-3-2-4-6-8;2*1-2-6-9-8(4-1)5-3-7-10-9;3*1-2-4-8-7(3-1)5-6-9-8;1-2-4-7-6(3-1)8-5-9-7;4*1-2-4-6-5-3-1;1-2-5-3-4-1/h3-11H,2H2,1H3;1-10H;1-8H;2-7H,1H3;8-10H,1-7H2;1-7H;1-4,6H,5H2;1-6,9H;1-6H;1-5H;1-6H;6H,1-5H2;2*1-5H;1-3H,(H,4,5). The first-order valence-electron chi connectivity index (χ1n) is 45.8. The van der Waals surface area contributed by atoms with E-state index in [0.717, 1.165) is 63.7 Å². The first-order valence-corrected chi connectivity index (χ1v) is 46.7. The number of aromatic nitrogens is 10. The van der Waals surface area contributed by atoms with Crippen molar-refractivity contribution in [2.45, 2.75) is 83.6 Å². The van der Waals surface area contributed by atoms with Gasteiger partial charge in [-0.15, -0.1) is 16.4 Å². The van der Waals surface area contributed by atoms with Gasteiger partial charge in [0.25, 0.3) is 0 Å². The molecule has 2 unspecified atom stereocenters. The highest BCUT2D eigenvalue weighted by Crippen LogP contribution is 2.31. The molecular weight excluding hydrogens is 1650 g/mol. The number of furan rings is 1. The number of para-hydroxylation sites is 5. The summed E-state index contributed by atoms with van der Waals surface area (Å²) in [6.07, 6.45) is 36.5. The topological polar surface area (TPSA) is 176 Å². The summed E-state index contributed by atoms with van der Waals surface area (Å²) in [5.41, 5.74) is 17.2. The lowest BCUT2D eigenvalue weighted by Gasteiger charge is -2.36. The van der Waals surface area contributed by atoms with E-state index in [2.05, 4.69) is 256 Å². The summed E-state index contributed by atoms with van der Waals surface area (Å²) in [6, 6.07) is 140. The summed E-state index contributed by atoms with van der Waals surface area (Å²) in [5.74, 6) is 1.04. The van der Waals surface area contributed by atoms with Crippen molar-refractivity contribution in [2.75, 3.05) is 19.6 Å². The fraction of sp³-hybridized carbons (Fsp3) is 0.153. The fourth-order valence-corrected chi connectivity index (χ4v) is 15.0. The Labute approximate surface area is 788 Å². The highest BCUT2D eigenvalue weighted by Gasteiger charge is 2.26. The van der Waals surface area contributed by atoms with E-state index in [1.54, 1.807) is 65.8 Å². The molecule has 3 fully saturated rings. The van der Waals surface area contributed by atoms with Gasteiger partial charge in [0.2, 0.25) is 0 Å². The molecule has 1 aliphatic carbocycles. The van der Waals surface area contributed by atoms with Gasteiger partial charge in [0.15, 0.2) is 0 Å². The second-order valence-corrected chi connectivity index (χ2v) is 31.7. The van der Waals surface area contributed by atoms with Gasteiger partial charge < -0.3 is 25.0 Å². The van der Waals surface area contributed by atoms with Crippen LogP contribution in [-0.2, 0) is 19.9 Å². The monoisotopic (exact) mass is 1770 g/mol. The first kappa shape index (κ1) is 98.3. The molecule has 11 heterocycles. The van der Waals surface area contributed by atoms with Crippen LogP contribution in [0.25, 0.3) is 87.3 Å². The number of nitrogens with one attached hydrogen (secondary N) is 4. The SMILES string of the molecule is C1=Nc2ccccc2C1.C1CCC2NCCCC2C1.C1CCNCC1.CCc1ccc(-c2ccccc2)cc1.Cn1cc(-c2ccccc2)nn1.c1c[nH]cn1.c1ccc(-c2ccccc2)cc1.c1ccc2[nH]ccc2c1.c1ccc2ccccc2c1.c1ccc2ncccc2c1.c1ccc2occc2c1.c1ccc2scnc2c1.c1ccccc1.c1ccncc1.c1ccncc1. The van der Waals surface area contributed by atoms with Crippen molar-refractivity contribution in [1.29, 1.82) is 0 Å². The number of imidazole rings is 1. The number of aliphatic imine (C=N–C) groups is 1. The number of fused-ring (bicyclic) bond motifs is 7. The molecule has 15 heteroatoms. The molecule has 13 aromatic carbocycles. The van der Waals surface area contributed by atoms with Crippen LogP contribution in [0.1, 0.15) is 75.8 Å². The lowest BCUT2D eigenvalue weighted by atomic mass is 9.80. The van der Waals surface area contributed by atoms with Crippen molar-refractivity contribution >= 4 is 77.0 Å². The zero-order valence-electron chi connectivity index (χ0n) is 76.2. The third kappa shape index (κ3) is 38.1. The molecular formula is C118H121N13OS. The molecule has 8 aromatic heterocycles. The molecule has 133 heavy (non-hydrogen) atoms. The molecule has 4 N–H and O–H groups in total. The molecule has 25 rings (SSSR count). The van der Waals surface area contributed by atoms with E-state index < -0.39 is 0 Å². The van der Waals surface area contributed by atoms with Gasteiger partial charge in [0, 0.05) is 97.2 Å².